The molecule has 0 saturated carbocycles. The van der Waals surface area contributed by atoms with Gasteiger partial charge in [0.05, 0.1) is 26.3 Å². The average molecular weight is 469 g/mol. The Bertz CT molecular complexity index is 1290. The lowest BCUT2D eigenvalue weighted by Crippen LogP contribution is -2.41. The number of Topliss-reactive ketones (excluding diaryl/α,β-unsaturated/α-hetero) is 1. The van der Waals surface area contributed by atoms with Gasteiger partial charge in [-0.15, -0.1) is 0 Å². The number of nitrogens with zero attached hydrogens (tertiary/aromatic N) is 2. The predicted molar refractivity (Wildman–Crippen MR) is 127 cm³/mol. The number of benzene rings is 1. The molecule has 3 N–H and O–H groups in total. The summed E-state index contributed by atoms with van der Waals surface area (Å²) >= 11 is 0. The highest BCUT2D eigenvalue weighted by Crippen LogP contribution is 2.25. The normalized spacial score (nSPS) is 10.8. The molecule has 0 radical (unpaired) electrons. The number of methoxy groups -OCH3 is 1. The number of nitrogen functional groups attached to an aromatic ring is 1. The van der Waals surface area contributed by atoms with Crippen molar-refractivity contribution in [3.63, 3.8) is 0 Å². The number of hydrogen-bond donors (Lipinski definition) is 2. The first-order valence-electron chi connectivity index (χ1n) is 10.9. The fourth-order valence-electron chi connectivity index (χ4n) is 3.62. The van der Waals surface area contributed by atoms with E-state index in [1.165, 1.54) is 29.8 Å². The SMILES string of the molecule is CCCCn1c(N)c(N(Cc2ccco2)C(=O)Cc2cc(C(C)=O)ccc2OC)c(=O)[nH]c1=O. The molecule has 3 aromatic rings. The molecule has 10 heteroatoms. The number of H-pyrrole nitrogens is 1. The van der Waals surface area contributed by atoms with Crippen molar-refractivity contribution in [2.24, 2.45) is 0 Å². The van der Waals surface area contributed by atoms with Crippen LogP contribution in [0.5, 0.6) is 5.75 Å². The Morgan fingerprint density at radius 2 is 2.00 bits per heavy atom. The van der Waals surface area contributed by atoms with Crippen LogP contribution in [0.1, 0.15) is 48.4 Å². The fourth-order valence-corrected chi connectivity index (χ4v) is 3.62. The molecule has 0 atom stereocenters. The molecule has 180 valence electrons. The van der Waals surface area contributed by atoms with Crippen molar-refractivity contribution in [1.82, 2.24) is 9.55 Å². The van der Waals surface area contributed by atoms with E-state index in [0.29, 0.717) is 35.6 Å². The summed E-state index contributed by atoms with van der Waals surface area (Å²) in [6.45, 7) is 3.60. The molecule has 0 fully saturated rings. The van der Waals surface area contributed by atoms with Crippen LogP contribution in [-0.2, 0) is 24.3 Å². The molecular weight excluding hydrogens is 440 g/mol. The van der Waals surface area contributed by atoms with Gasteiger partial charge in [0.15, 0.2) is 11.5 Å². The Labute approximate surface area is 195 Å². The van der Waals surface area contributed by atoms with Crippen molar-refractivity contribution in [1.29, 1.82) is 0 Å². The number of amides is 1. The van der Waals surface area contributed by atoms with Gasteiger partial charge in [-0.1, -0.05) is 13.3 Å². The predicted octanol–water partition coefficient (Wildman–Crippen LogP) is 2.50. The van der Waals surface area contributed by atoms with E-state index < -0.39 is 17.2 Å². The van der Waals surface area contributed by atoms with Crippen LogP contribution >= 0.6 is 0 Å². The van der Waals surface area contributed by atoms with Crippen molar-refractivity contribution in [3.8, 4) is 5.75 Å². The molecule has 2 aromatic heterocycles. The van der Waals surface area contributed by atoms with Crippen LogP contribution in [0.25, 0.3) is 0 Å². The monoisotopic (exact) mass is 468 g/mol. The number of carbonyl (C=O) groups is 2. The van der Waals surface area contributed by atoms with Crippen LogP contribution in [-0.4, -0.2) is 28.4 Å². The Balaban J connectivity index is 2.09. The van der Waals surface area contributed by atoms with E-state index in [1.54, 1.807) is 30.3 Å². The number of rotatable bonds is 10. The lowest BCUT2D eigenvalue weighted by molar-refractivity contribution is -0.118. The number of furan rings is 1. The van der Waals surface area contributed by atoms with Gasteiger partial charge in [0.25, 0.3) is 5.56 Å². The summed E-state index contributed by atoms with van der Waals surface area (Å²) in [5, 5.41) is 0. The minimum Gasteiger partial charge on any atom is -0.496 e. The van der Waals surface area contributed by atoms with E-state index in [2.05, 4.69) is 4.98 Å². The minimum atomic E-state index is -0.778. The van der Waals surface area contributed by atoms with E-state index in [0.717, 1.165) is 6.42 Å². The van der Waals surface area contributed by atoms with Gasteiger partial charge in [0.2, 0.25) is 5.91 Å². The quantitative estimate of drug-likeness (QED) is 0.436. The zero-order valence-electron chi connectivity index (χ0n) is 19.4. The smallest absolute Gasteiger partial charge is 0.330 e. The number of anilines is 2. The first-order valence-corrected chi connectivity index (χ1v) is 10.9. The lowest BCUT2D eigenvalue weighted by atomic mass is 10.0. The highest BCUT2D eigenvalue weighted by atomic mass is 16.5. The van der Waals surface area contributed by atoms with Crippen molar-refractivity contribution < 1.29 is 18.7 Å². The van der Waals surface area contributed by atoms with Gasteiger partial charge in [-0.2, -0.15) is 0 Å². The van der Waals surface area contributed by atoms with E-state index in [9.17, 15) is 19.2 Å². The second-order valence-corrected chi connectivity index (χ2v) is 7.82. The van der Waals surface area contributed by atoms with Gasteiger partial charge in [-0.05, 0) is 43.7 Å². The zero-order valence-corrected chi connectivity index (χ0v) is 19.4. The number of nitrogens with one attached hydrogen (secondary N) is 1. The van der Waals surface area contributed by atoms with Crippen LogP contribution in [0.2, 0.25) is 0 Å². The molecule has 1 aromatic carbocycles. The number of carbonyl (C=O) groups excluding carboxylic acids is 2. The van der Waals surface area contributed by atoms with Gasteiger partial charge < -0.3 is 14.9 Å². The number of ether oxygens (including phenoxy) is 1. The maximum atomic E-state index is 13.6. The van der Waals surface area contributed by atoms with E-state index in [1.807, 2.05) is 6.92 Å². The number of unbranched alkanes of at least 4 members (excludes halogenated alkanes) is 1. The summed E-state index contributed by atoms with van der Waals surface area (Å²) in [6.07, 6.45) is 2.74. The van der Waals surface area contributed by atoms with Crippen LogP contribution in [0.3, 0.4) is 0 Å². The van der Waals surface area contributed by atoms with Crippen molar-refractivity contribution >= 4 is 23.2 Å². The minimum absolute atomic E-state index is 0.0835. The van der Waals surface area contributed by atoms with Crippen molar-refractivity contribution in [2.45, 2.75) is 46.2 Å². The fraction of sp³-hybridized carbons (Fsp3) is 0.333. The van der Waals surface area contributed by atoms with Crippen LogP contribution in [0.15, 0.2) is 50.6 Å². The lowest BCUT2D eigenvalue weighted by Gasteiger charge is -2.24. The molecule has 0 aliphatic rings. The van der Waals surface area contributed by atoms with Gasteiger partial charge in [-0.25, -0.2) is 4.79 Å². The number of ketones is 1. The molecule has 1 amide bonds. The number of aromatic amines is 1. The van der Waals surface area contributed by atoms with E-state index in [4.69, 9.17) is 14.9 Å². The standard InChI is InChI=1S/C24H28N4O6/c1-4-5-10-27-22(25)21(23(31)26-24(27)32)28(14-18-7-6-11-34-18)20(30)13-17-12-16(15(2)29)8-9-19(17)33-3/h6-9,11-12H,4-5,10,13-14,25H2,1-3H3,(H,26,31,32). The summed E-state index contributed by atoms with van der Waals surface area (Å²) < 4.78 is 12.0. The molecule has 3 rings (SSSR count). The molecule has 0 aliphatic heterocycles. The molecule has 0 spiro atoms. The van der Waals surface area contributed by atoms with Crippen molar-refractivity contribution in [3.05, 3.63) is 74.3 Å². The molecule has 34 heavy (non-hydrogen) atoms. The van der Waals surface area contributed by atoms with E-state index in [-0.39, 0.29) is 30.3 Å². The molecule has 10 nitrogen and oxygen atoms in total. The number of hydrogen-bond acceptors (Lipinski definition) is 7. The third kappa shape index (κ3) is 5.28. The molecule has 2 heterocycles. The highest BCUT2D eigenvalue weighted by Gasteiger charge is 2.26. The Morgan fingerprint density at radius 1 is 1.24 bits per heavy atom. The number of nitrogens with two attached hydrogens (primary N) is 1. The largest absolute Gasteiger partial charge is 0.496 e. The Hall–Kier alpha value is -4.08. The maximum Gasteiger partial charge on any atom is 0.330 e. The summed E-state index contributed by atoms with van der Waals surface area (Å²) in [5.74, 6) is 0.0846. The topological polar surface area (TPSA) is 141 Å². The van der Waals surface area contributed by atoms with Crippen LogP contribution in [0, 0.1) is 0 Å². The molecule has 0 bridgehead atoms. The summed E-state index contributed by atoms with van der Waals surface area (Å²) in [4.78, 5) is 54.1. The first-order chi connectivity index (χ1) is 16.3. The molecular formula is C24H28N4O6. The number of aromatic nitrogens is 2. The summed E-state index contributed by atoms with van der Waals surface area (Å²) in [6, 6.07) is 8.13. The Morgan fingerprint density at radius 3 is 2.62 bits per heavy atom. The molecule has 0 unspecified atom stereocenters. The van der Waals surface area contributed by atoms with Crippen molar-refractivity contribution in [2.75, 3.05) is 17.7 Å². The first kappa shape index (κ1) is 24.6. The highest BCUT2D eigenvalue weighted by molar-refractivity contribution is 5.98. The third-order valence-corrected chi connectivity index (χ3v) is 5.44. The second-order valence-electron chi connectivity index (χ2n) is 7.82. The second kappa shape index (κ2) is 10.7. The van der Waals surface area contributed by atoms with Crippen LogP contribution in [0.4, 0.5) is 11.5 Å². The average Bonchev–Trinajstić information content (AvgIpc) is 3.31. The third-order valence-electron chi connectivity index (χ3n) is 5.44. The summed E-state index contributed by atoms with van der Waals surface area (Å²) in [7, 11) is 1.46. The summed E-state index contributed by atoms with van der Waals surface area (Å²) in [5.41, 5.74) is 5.59. The Kier molecular flexibility index (Phi) is 7.72. The van der Waals surface area contributed by atoms with Gasteiger partial charge >= 0.3 is 5.69 Å². The maximum absolute atomic E-state index is 13.6. The van der Waals surface area contributed by atoms with Gasteiger partial charge in [0.1, 0.15) is 17.3 Å². The van der Waals surface area contributed by atoms with Gasteiger partial charge in [0, 0.05) is 17.7 Å². The zero-order chi connectivity index (χ0) is 24.8. The van der Waals surface area contributed by atoms with Gasteiger partial charge in [-0.3, -0.25) is 28.8 Å². The van der Waals surface area contributed by atoms with E-state index >= 15 is 0 Å². The van der Waals surface area contributed by atoms with Crippen LogP contribution < -0.4 is 26.6 Å². The molecule has 0 aliphatic carbocycles. The molecule has 0 saturated heterocycles.